The van der Waals surface area contributed by atoms with Crippen LogP contribution >= 0.6 is 0 Å². The Kier molecular flexibility index (Phi) is 5.69. The largest absolute Gasteiger partial charge is 0.394 e. The van der Waals surface area contributed by atoms with Crippen LogP contribution in [0.15, 0.2) is 42.5 Å². The third-order valence-corrected chi connectivity index (χ3v) is 4.73. The van der Waals surface area contributed by atoms with E-state index >= 15 is 0 Å². The van der Waals surface area contributed by atoms with Crippen LogP contribution in [0.5, 0.6) is 0 Å². The lowest BCUT2D eigenvalue weighted by Crippen LogP contribution is -2.53. The Morgan fingerprint density at radius 2 is 2.12 bits per heavy atom. The molecule has 5 nitrogen and oxygen atoms in total. The lowest BCUT2D eigenvalue weighted by atomic mass is 10.0. The van der Waals surface area contributed by atoms with Gasteiger partial charge in [0.15, 0.2) is 6.29 Å². The molecule has 5 atom stereocenters. The van der Waals surface area contributed by atoms with E-state index in [0.717, 1.165) is 18.4 Å². The van der Waals surface area contributed by atoms with Crippen molar-refractivity contribution in [2.24, 2.45) is 0 Å². The Morgan fingerprint density at radius 3 is 2.75 bits per heavy atom. The van der Waals surface area contributed by atoms with Crippen molar-refractivity contribution in [3.63, 3.8) is 0 Å². The highest BCUT2D eigenvalue weighted by molar-refractivity contribution is 5.16. The molecule has 2 saturated heterocycles. The Morgan fingerprint density at radius 1 is 1.38 bits per heavy atom. The summed E-state index contributed by atoms with van der Waals surface area (Å²) in [7, 11) is 0. The van der Waals surface area contributed by atoms with Gasteiger partial charge in [-0.2, -0.15) is 5.06 Å². The summed E-state index contributed by atoms with van der Waals surface area (Å²) in [5, 5.41) is 11.5. The first kappa shape index (κ1) is 17.6. The SMILES string of the molecule is C=C(C)[C@H](CC)ON1C[C@H]2OC(OC2CO)C1Cc1ccccc1. The summed E-state index contributed by atoms with van der Waals surface area (Å²) < 4.78 is 11.9. The first-order chi connectivity index (χ1) is 11.6. The highest BCUT2D eigenvalue weighted by Gasteiger charge is 2.48. The maximum absolute atomic E-state index is 9.51. The normalized spacial score (nSPS) is 31.1. The van der Waals surface area contributed by atoms with Crippen molar-refractivity contribution in [1.82, 2.24) is 5.06 Å². The van der Waals surface area contributed by atoms with Crippen molar-refractivity contribution >= 4 is 0 Å². The zero-order chi connectivity index (χ0) is 17.1. The van der Waals surface area contributed by atoms with Gasteiger partial charge in [0.2, 0.25) is 0 Å². The van der Waals surface area contributed by atoms with E-state index in [1.54, 1.807) is 0 Å². The molecule has 0 amide bonds. The number of morpholine rings is 1. The average Bonchev–Trinajstić information content (AvgIpc) is 2.94. The summed E-state index contributed by atoms with van der Waals surface area (Å²) in [6.07, 6.45) is 0.784. The van der Waals surface area contributed by atoms with Gasteiger partial charge in [-0.25, -0.2) is 0 Å². The maximum Gasteiger partial charge on any atom is 0.176 e. The number of nitrogens with zero attached hydrogens (tertiary/aromatic N) is 1. The lowest BCUT2D eigenvalue weighted by molar-refractivity contribution is -0.283. The number of aliphatic hydroxyl groups is 1. The summed E-state index contributed by atoms with van der Waals surface area (Å²) in [6.45, 7) is 8.66. The van der Waals surface area contributed by atoms with Crippen LogP contribution in [0.4, 0.5) is 0 Å². The Bertz CT molecular complexity index is 550. The van der Waals surface area contributed by atoms with E-state index in [4.69, 9.17) is 14.3 Å². The van der Waals surface area contributed by atoms with E-state index in [-0.39, 0.29) is 37.3 Å². The zero-order valence-electron chi connectivity index (χ0n) is 14.4. The first-order valence-corrected chi connectivity index (χ1v) is 8.66. The molecule has 1 aromatic rings. The molecule has 2 aliphatic rings. The molecule has 0 aliphatic carbocycles. The Balaban J connectivity index is 1.78. The fourth-order valence-corrected chi connectivity index (χ4v) is 3.35. The number of rotatable bonds is 7. The predicted octanol–water partition coefficient (Wildman–Crippen LogP) is 2.30. The van der Waals surface area contributed by atoms with Crippen LogP contribution in [0.25, 0.3) is 0 Å². The first-order valence-electron chi connectivity index (χ1n) is 8.66. The highest BCUT2D eigenvalue weighted by Crippen LogP contribution is 2.33. The minimum absolute atomic E-state index is 0.0200. The van der Waals surface area contributed by atoms with E-state index in [1.165, 1.54) is 5.56 Å². The average molecular weight is 333 g/mol. The van der Waals surface area contributed by atoms with Crippen molar-refractivity contribution in [1.29, 1.82) is 0 Å². The Labute approximate surface area is 143 Å². The molecule has 2 fully saturated rings. The molecule has 5 heteroatoms. The van der Waals surface area contributed by atoms with Crippen LogP contribution in [-0.4, -0.2) is 54.0 Å². The standard InChI is InChI=1S/C19H27NO4/c1-4-16(13(2)3)24-20-11-17-18(12-21)23-19(22-17)15(20)10-14-8-6-5-7-9-14/h5-9,15-19,21H,2,4,10-12H2,1,3H3/t15?,16-,17+,18?,19?/m0/s1. The molecule has 1 aromatic carbocycles. The van der Waals surface area contributed by atoms with Gasteiger partial charge < -0.3 is 14.6 Å². The van der Waals surface area contributed by atoms with Crippen LogP contribution in [-0.2, 0) is 20.7 Å². The second-order valence-corrected chi connectivity index (χ2v) is 6.61. The molecule has 2 heterocycles. The lowest BCUT2D eigenvalue weighted by Gasteiger charge is -2.39. The molecule has 132 valence electrons. The minimum Gasteiger partial charge on any atom is -0.394 e. The second-order valence-electron chi connectivity index (χ2n) is 6.61. The fraction of sp³-hybridized carbons (Fsp3) is 0.579. The van der Waals surface area contributed by atoms with E-state index in [9.17, 15) is 5.11 Å². The molecule has 2 bridgehead atoms. The molecule has 24 heavy (non-hydrogen) atoms. The topological polar surface area (TPSA) is 51.2 Å². The molecule has 3 unspecified atom stereocenters. The van der Waals surface area contributed by atoms with Crippen molar-refractivity contribution in [3.8, 4) is 0 Å². The van der Waals surface area contributed by atoms with Crippen molar-refractivity contribution in [2.75, 3.05) is 13.2 Å². The fourth-order valence-electron chi connectivity index (χ4n) is 3.35. The second kappa shape index (κ2) is 7.76. The van der Waals surface area contributed by atoms with Crippen molar-refractivity contribution < 1.29 is 19.4 Å². The van der Waals surface area contributed by atoms with Crippen LogP contribution in [0.3, 0.4) is 0 Å². The maximum atomic E-state index is 9.51. The van der Waals surface area contributed by atoms with Crippen LogP contribution in [0.1, 0.15) is 25.8 Å². The molecule has 0 spiro atoms. The van der Waals surface area contributed by atoms with Gasteiger partial charge in [-0.1, -0.05) is 43.8 Å². The third-order valence-electron chi connectivity index (χ3n) is 4.73. The summed E-state index contributed by atoms with van der Waals surface area (Å²) in [5.41, 5.74) is 2.21. The molecule has 0 aromatic heterocycles. The quantitative estimate of drug-likeness (QED) is 0.776. The number of aliphatic hydroxyl groups excluding tert-OH is 1. The monoisotopic (exact) mass is 333 g/mol. The summed E-state index contributed by atoms with van der Waals surface area (Å²) in [6, 6.07) is 10.2. The number of benzene rings is 1. The van der Waals surface area contributed by atoms with Gasteiger partial charge in [-0.3, -0.25) is 4.84 Å². The summed E-state index contributed by atoms with van der Waals surface area (Å²) in [4.78, 5) is 6.25. The van der Waals surface area contributed by atoms with Gasteiger partial charge in [0, 0.05) is 0 Å². The molecule has 0 saturated carbocycles. The van der Waals surface area contributed by atoms with Gasteiger partial charge in [0.25, 0.3) is 0 Å². The van der Waals surface area contributed by atoms with E-state index < -0.39 is 0 Å². The summed E-state index contributed by atoms with van der Waals surface area (Å²) >= 11 is 0. The molecular weight excluding hydrogens is 306 g/mol. The van der Waals surface area contributed by atoms with E-state index in [1.807, 2.05) is 30.2 Å². The van der Waals surface area contributed by atoms with Gasteiger partial charge in [0.1, 0.15) is 12.2 Å². The van der Waals surface area contributed by atoms with Crippen LogP contribution in [0.2, 0.25) is 0 Å². The molecule has 2 aliphatic heterocycles. The highest BCUT2D eigenvalue weighted by atomic mass is 16.8. The zero-order valence-corrected chi connectivity index (χ0v) is 14.4. The predicted molar refractivity (Wildman–Crippen MR) is 91.2 cm³/mol. The molecule has 1 N–H and O–H groups in total. The van der Waals surface area contributed by atoms with Crippen LogP contribution in [0, 0.1) is 0 Å². The van der Waals surface area contributed by atoms with E-state index in [0.29, 0.717) is 6.54 Å². The smallest absolute Gasteiger partial charge is 0.176 e. The van der Waals surface area contributed by atoms with E-state index in [2.05, 4.69) is 25.6 Å². The molecule has 3 rings (SSSR count). The van der Waals surface area contributed by atoms with Crippen molar-refractivity contribution in [2.45, 2.75) is 57.3 Å². The number of fused-ring (bicyclic) bond motifs is 2. The molecular formula is C19H27NO4. The Hall–Kier alpha value is -1.24. The van der Waals surface area contributed by atoms with Gasteiger partial charge in [0.05, 0.1) is 25.3 Å². The van der Waals surface area contributed by atoms with Crippen LogP contribution < -0.4 is 0 Å². The van der Waals surface area contributed by atoms with Gasteiger partial charge >= 0.3 is 0 Å². The number of ether oxygens (including phenoxy) is 2. The third kappa shape index (κ3) is 3.71. The van der Waals surface area contributed by atoms with Gasteiger partial charge in [-0.15, -0.1) is 0 Å². The minimum atomic E-state index is -0.385. The summed E-state index contributed by atoms with van der Waals surface area (Å²) in [5.74, 6) is 0. The van der Waals surface area contributed by atoms with Crippen molar-refractivity contribution in [3.05, 3.63) is 48.0 Å². The number of hydrogen-bond acceptors (Lipinski definition) is 5. The van der Waals surface area contributed by atoms with Gasteiger partial charge in [-0.05, 0) is 30.9 Å². The number of hydrogen-bond donors (Lipinski definition) is 1. The number of hydroxylamine groups is 2. The molecule has 0 radical (unpaired) electrons.